The summed E-state index contributed by atoms with van der Waals surface area (Å²) in [5, 5.41) is 6.32. The number of hydrogen-bond acceptors (Lipinski definition) is 7. The van der Waals surface area contributed by atoms with Gasteiger partial charge in [-0.1, -0.05) is 19.9 Å². The number of aromatic nitrogens is 1. The van der Waals surface area contributed by atoms with E-state index in [0.717, 1.165) is 64.1 Å². The number of ether oxygens (including phenoxy) is 2. The number of rotatable bonds is 14. The smallest absolute Gasteiger partial charge is 0.408 e. The van der Waals surface area contributed by atoms with Gasteiger partial charge < -0.3 is 25.0 Å². The van der Waals surface area contributed by atoms with E-state index < -0.39 is 17.7 Å². The lowest BCUT2D eigenvalue weighted by Crippen LogP contribution is -2.46. The lowest BCUT2D eigenvalue weighted by Gasteiger charge is -2.29. The van der Waals surface area contributed by atoms with Gasteiger partial charge in [-0.2, -0.15) is 0 Å². The lowest BCUT2D eigenvalue weighted by atomic mass is 9.96. The van der Waals surface area contributed by atoms with E-state index in [4.69, 9.17) is 14.5 Å². The first-order valence-electron chi connectivity index (χ1n) is 15.1. The van der Waals surface area contributed by atoms with Gasteiger partial charge in [0.15, 0.2) is 5.78 Å². The Balaban J connectivity index is 0.00000205. The molecular weight excluding hydrogens is 492 g/mol. The zero-order chi connectivity index (χ0) is 28.5. The molecule has 1 atom stereocenters. The van der Waals surface area contributed by atoms with Crippen LogP contribution in [0.15, 0.2) is 12.1 Å². The fourth-order valence-corrected chi connectivity index (χ4v) is 5.23. The molecule has 0 saturated heterocycles. The van der Waals surface area contributed by atoms with Crippen molar-refractivity contribution in [3.63, 3.8) is 0 Å². The Morgan fingerprint density at radius 1 is 1.21 bits per heavy atom. The van der Waals surface area contributed by atoms with Gasteiger partial charge in [-0.25, -0.2) is 9.78 Å². The van der Waals surface area contributed by atoms with Gasteiger partial charge in [0.1, 0.15) is 11.4 Å². The molecule has 1 aliphatic heterocycles. The zero-order valence-corrected chi connectivity index (χ0v) is 25.2. The van der Waals surface area contributed by atoms with Crippen molar-refractivity contribution in [2.45, 2.75) is 104 Å². The van der Waals surface area contributed by atoms with Crippen LogP contribution in [0.5, 0.6) is 0 Å². The third-order valence-corrected chi connectivity index (χ3v) is 7.74. The van der Waals surface area contributed by atoms with Crippen molar-refractivity contribution in [3.05, 3.63) is 23.4 Å². The number of methoxy groups -OCH3 is 1. The van der Waals surface area contributed by atoms with Crippen LogP contribution in [0, 0.1) is 11.3 Å². The van der Waals surface area contributed by atoms with Crippen LogP contribution in [0.3, 0.4) is 0 Å². The number of anilines is 1. The highest BCUT2D eigenvalue weighted by molar-refractivity contribution is 5.90. The molecule has 1 aromatic heterocycles. The molecule has 3 aliphatic rings. The second-order valence-electron chi connectivity index (χ2n) is 12.3. The number of nitrogens with one attached hydrogen (secondary N) is 2. The molecule has 0 aromatic carbocycles. The number of carbonyl (C=O) groups excluding carboxylic acids is 2. The summed E-state index contributed by atoms with van der Waals surface area (Å²) in [7, 11) is 1.73. The molecule has 1 amide bonds. The number of aryl methyl sites for hydroxylation is 2. The minimum Gasteiger partial charge on any atom is -0.444 e. The third-order valence-electron chi connectivity index (χ3n) is 7.74. The summed E-state index contributed by atoms with van der Waals surface area (Å²) in [6.45, 7) is 13.7. The van der Waals surface area contributed by atoms with E-state index in [-0.39, 0.29) is 11.7 Å². The highest BCUT2D eigenvalue weighted by Gasteiger charge is 2.43. The molecule has 2 heterocycles. The molecule has 2 saturated carbocycles. The fraction of sp³-hybridized carbons (Fsp3) is 0.774. The number of carbonyl (C=O) groups is 2. The monoisotopic (exact) mass is 544 g/mol. The number of fused-ring (bicyclic) bond motifs is 1. The molecule has 0 bridgehead atoms. The first kappa shape index (κ1) is 31.3. The molecule has 39 heavy (non-hydrogen) atoms. The molecule has 1 aromatic rings. The number of pyridine rings is 1. The lowest BCUT2D eigenvalue weighted by molar-refractivity contribution is -0.122. The predicted molar refractivity (Wildman–Crippen MR) is 156 cm³/mol. The minimum atomic E-state index is -0.594. The second kappa shape index (κ2) is 14.4. The van der Waals surface area contributed by atoms with Crippen molar-refractivity contribution in [2.75, 3.05) is 45.2 Å². The van der Waals surface area contributed by atoms with Crippen molar-refractivity contribution in [1.82, 2.24) is 15.2 Å². The first-order valence-corrected chi connectivity index (χ1v) is 15.1. The Bertz CT molecular complexity index is 937. The topological polar surface area (TPSA) is 92.8 Å². The maximum Gasteiger partial charge on any atom is 0.408 e. The Kier molecular flexibility index (Phi) is 11.6. The van der Waals surface area contributed by atoms with Crippen LogP contribution < -0.4 is 10.6 Å². The molecule has 2 aliphatic carbocycles. The predicted octanol–water partition coefficient (Wildman–Crippen LogP) is 5.39. The van der Waals surface area contributed by atoms with Gasteiger partial charge in [0.2, 0.25) is 0 Å². The number of amides is 1. The van der Waals surface area contributed by atoms with Crippen molar-refractivity contribution in [2.24, 2.45) is 11.3 Å². The molecular formula is C31H52N4O4. The average molecular weight is 545 g/mol. The minimum absolute atomic E-state index is 0.0840. The standard InChI is InChI=1S/C29H46N4O4.C2H6/c1-28(2,3)37-27(35)32-24(25(34)21-7-8-21)12-17-33(18-19-36-4)20-29(14-15-29)13-11-23-10-9-22-6-5-16-30-26(22)31-23;1-2/h9-10,21,24H,5-8,11-20H2,1-4H3,(H,30,31)(H,32,35);1-2H3. The average Bonchev–Trinajstić information content (AvgIpc) is 3.84. The number of alkyl carbamates (subject to hydrolysis) is 1. The van der Waals surface area contributed by atoms with Gasteiger partial charge in [0, 0.05) is 44.9 Å². The molecule has 8 heteroatoms. The molecule has 0 radical (unpaired) electrons. The maximum atomic E-state index is 13.0. The van der Waals surface area contributed by atoms with Crippen LogP contribution in [0.2, 0.25) is 0 Å². The summed E-state index contributed by atoms with van der Waals surface area (Å²) in [5.41, 5.74) is 2.20. The van der Waals surface area contributed by atoms with E-state index in [1.807, 2.05) is 34.6 Å². The van der Waals surface area contributed by atoms with Crippen LogP contribution >= 0.6 is 0 Å². The number of ketones is 1. The summed E-state index contributed by atoms with van der Waals surface area (Å²) in [5.74, 6) is 1.30. The van der Waals surface area contributed by atoms with E-state index >= 15 is 0 Å². The van der Waals surface area contributed by atoms with Crippen LogP contribution in [-0.2, 0) is 27.1 Å². The third kappa shape index (κ3) is 10.4. The van der Waals surface area contributed by atoms with Crippen molar-refractivity contribution in [3.8, 4) is 0 Å². The molecule has 220 valence electrons. The SMILES string of the molecule is CC.COCCN(CCC(NC(=O)OC(C)(C)C)C(=O)C1CC1)CC1(CCc2ccc3c(n2)NCCC3)CC1. The van der Waals surface area contributed by atoms with Gasteiger partial charge in [-0.15, -0.1) is 0 Å². The van der Waals surface area contributed by atoms with E-state index in [0.29, 0.717) is 18.4 Å². The zero-order valence-electron chi connectivity index (χ0n) is 25.2. The molecule has 2 N–H and O–H groups in total. The number of nitrogens with zero attached hydrogens (tertiary/aromatic N) is 2. The van der Waals surface area contributed by atoms with E-state index in [9.17, 15) is 9.59 Å². The van der Waals surface area contributed by atoms with Gasteiger partial charge in [-0.3, -0.25) is 4.79 Å². The molecule has 0 spiro atoms. The van der Waals surface area contributed by atoms with E-state index in [1.165, 1.54) is 30.5 Å². The highest BCUT2D eigenvalue weighted by Crippen LogP contribution is 2.50. The van der Waals surface area contributed by atoms with Crippen molar-refractivity contribution in [1.29, 1.82) is 0 Å². The number of Topliss-reactive ketones (excluding diaryl/α,β-unsaturated/α-hetero) is 1. The van der Waals surface area contributed by atoms with Gasteiger partial charge in [-0.05, 0) is 95.6 Å². The van der Waals surface area contributed by atoms with Crippen LogP contribution in [0.1, 0.15) is 90.8 Å². The summed E-state index contributed by atoms with van der Waals surface area (Å²) in [6.07, 6.45) is 8.75. The van der Waals surface area contributed by atoms with Crippen molar-refractivity contribution >= 4 is 17.7 Å². The quantitative estimate of drug-likeness (QED) is 0.324. The molecule has 4 rings (SSSR count). The first-order chi connectivity index (χ1) is 18.7. The fourth-order valence-electron chi connectivity index (χ4n) is 5.23. The summed E-state index contributed by atoms with van der Waals surface area (Å²) in [4.78, 5) is 32.7. The summed E-state index contributed by atoms with van der Waals surface area (Å²) < 4.78 is 10.8. The van der Waals surface area contributed by atoms with Crippen molar-refractivity contribution < 1.29 is 19.1 Å². The van der Waals surface area contributed by atoms with Gasteiger partial charge >= 0.3 is 6.09 Å². The molecule has 2 fully saturated rings. The molecule has 8 nitrogen and oxygen atoms in total. The normalized spacial score (nSPS) is 18.2. The van der Waals surface area contributed by atoms with Crippen LogP contribution in [0.25, 0.3) is 0 Å². The Morgan fingerprint density at radius 2 is 1.95 bits per heavy atom. The van der Waals surface area contributed by atoms with Gasteiger partial charge in [0.05, 0.1) is 12.6 Å². The summed E-state index contributed by atoms with van der Waals surface area (Å²) >= 11 is 0. The van der Waals surface area contributed by atoms with E-state index in [2.05, 4.69) is 27.7 Å². The Morgan fingerprint density at radius 3 is 2.59 bits per heavy atom. The van der Waals surface area contributed by atoms with E-state index in [1.54, 1.807) is 7.11 Å². The Labute approximate surface area is 236 Å². The van der Waals surface area contributed by atoms with Gasteiger partial charge in [0.25, 0.3) is 0 Å². The maximum absolute atomic E-state index is 13.0. The summed E-state index contributed by atoms with van der Waals surface area (Å²) in [6, 6.07) is 3.93. The highest BCUT2D eigenvalue weighted by atomic mass is 16.6. The molecule has 1 unspecified atom stereocenters. The second-order valence-corrected chi connectivity index (χ2v) is 12.3. The Hall–Kier alpha value is -2.19. The van der Waals surface area contributed by atoms with Crippen LogP contribution in [-0.4, -0.2) is 73.3 Å². The largest absolute Gasteiger partial charge is 0.444 e. The number of hydrogen-bond donors (Lipinski definition) is 2. The van der Waals surface area contributed by atoms with Crippen LogP contribution in [0.4, 0.5) is 10.6 Å².